The Bertz CT molecular complexity index is 812. The SMILES string of the molecule is COc1ccc(N2C(=O)[C@@H]3CCCN3[C@H]2c2ccc(F)cc2)cc1Cl. The molecule has 2 heterocycles. The predicted octanol–water partition coefficient (Wildman–Crippen LogP) is 4.00. The van der Waals surface area contributed by atoms with E-state index in [1.54, 1.807) is 36.3 Å². The third kappa shape index (κ3) is 2.68. The fourth-order valence-electron chi connectivity index (χ4n) is 3.83. The predicted molar refractivity (Wildman–Crippen MR) is 94.4 cm³/mol. The van der Waals surface area contributed by atoms with Crippen LogP contribution in [0.4, 0.5) is 10.1 Å². The molecule has 0 N–H and O–H groups in total. The Kier molecular flexibility index (Phi) is 4.13. The minimum Gasteiger partial charge on any atom is -0.495 e. The van der Waals surface area contributed by atoms with Gasteiger partial charge in [0.2, 0.25) is 5.91 Å². The molecule has 2 aliphatic heterocycles. The molecule has 2 aliphatic rings. The van der Waals surface area contributed by atoms with Crippen LogP contribution in [-0.4, -0.2) is 30.5 Å². The van der Waals surface area contributed by atoms with E-state index in [1.165, 1.54) is 12.1 Å². The first-order chi connectivity index (χ1) is 12.1. The van der Waals surface area contributed by atoms with Crippen LogP contribution in [0, 0.1) is 5.82 Å². The van der Waals surface area contributed by atoms with Crippen LogP contribution in [0.3, 0.4) is 0 Å². The normalized spacial score (nSPS) is 23.2. The summed E-state index contributed by atoms with van der Waals surface area (Å²) < 4.78 is 18.6. The van der Waals surface area contributed by atoms with Gasteiger partial charge in [-0.25, -0.2) is 4.39 Å². The van der Waals surface area contributed by atoms with Crippen LogP contribution < -0.4 is 9.64 Å². The van der Waals surface area contributed by atoms with Crippen molar-refractivity contribution in [3.05, 3.63) is 58.9 Å². The standard InChI is InChI=1S/C19H18ClFN2O2/c1-25-17-9-8-14(11-15(17)20)23-18(12-4-6-13(21)7-5-12)22-10-2-3-16(22)19(23)24/h4-9,11,16,18H,2-3,10H2,1H3/t16-,18+/m0/s1. The van der Waals surface area contributed by atoms with Gasteiger partial charge in [0.1, 0.15) is 17.7 Å². The van der Waals surface area contributed by atoms with Crippen LogP contribution >= 0.6 is 11.6 Å². The number of hydrogen-bond acceptors (Lipinski definition) is 3. The van der Waals surface area contributed by atoms with Crippen LogP contribution in [0.2, 0.25) is 5.02 Å². The summed E-state index contributed by atoms with van der Waals surface area (Å²) in [5.41, 5.74) is 1.62. The Morgan fingerprint density at radius 3 is 2.64 bits per heavy atom. The first kappa shape index (κ1) is 16.4. The van der Waals surface area contributed by atoms with Gasteiger partial charge in [-0.05, 0) is 48.7 Å². The van der Waals surface area contributed by atoms with E-state index in [-0.39, 0.29) is 23.9 Å². The average Bonchev–Trinajstić information content (AvgIpc) is 3.18. The van der Waals surface area contributed by atoms with Gasteiger partial charge in [-0.1, -0.05) is 23.7 Å². The van der Waals surface area contributed by atoms with Gasteiger partial charge >= 0.3 is 0 Å². The summed E-state index contributed by atoms with van der Waals surface area (Å²) in [4.78, 5) is 17.0. The molecule has 0 spiro atoms. The third-order valence-electron chi connectivity index (χ3n) is 4.96. The number of rotatable bonds is 3. The molecule has 2 aromatic carbocycles. The van der Waals surface area contributed by atoms with Gasteiger partial charge in [-0.3, -0.25) is 14.6 Å². The number of nitrogens with zero attached hydrogens (tertiary/aromatic N) is 2. The third-order valence-corrected chi connectivity index (χ3v) is 5.25. The second-order valence-corrected chi connectivity index (χ2v) is 6.76. The number of hydrogen-bond donors (Lipinski definition) is 0. The molecule has 2 saturated heterocycles. The number of benzene rings is 2. The zero-order valence-corrected chi connectivity index (χ0v) is 14.5. The number of amides is 1. The molecule has 130 valence electrons. The summed E-state index contributed by atoms with van der Waals surface area (Å²) in [6.45, 7) is 0.846. The van der Waals surface area contributed by atoms with Gasteiger partial charge in [-0.2, -0.15) is 0 Å². The molecule has 0 saturated carbocycles. The Balaban J connectivity index is 1.79. The minimum atomic E-state index is -0.287. The lowest BCUT2D eigenvalue weighted by Gasteiger charge is -2.30. The Labute approximate surface area is 150 Å². The number of ether oxygens (including phenoxy) is 1. The van der Waals surface area contributed by atoms with Crippen molar-refractivity contribution in [2.75, 3.05) is 18.6 Å². The van der Waals surface area contributed by atoms with E-state index >= 15 is 0 Å². The topological polar surface area (TPSA) is 32.8 Å². The monoisotopic (exact) mass is 360 g/mol. The lowest BCUT2D eigenvalue weighted by molar-refractivity contribution is -0.119. The summed E-state index contributed by atoms with van der Waals surface area (Å²) in [6, 6.07) is 11.6. The highest BCUT2D eigenvalue weighted by Gasteiger charge is 2.49. The van der Waals surface area contributed by atoms with Crippen LogP contribution in [0.15, 0.2) is 42.5 Å². The molecule has 25 heavy (non-hydrogen) atoms. The molecule has 0 aromatic heterocycles. The van der Waals surface area contributed by atoms with Crippen molar-refractivity contribution >= 4 is 23.2 Å². The molecule has 2 aromatic rings. The number of anilines is 1. The molecule has 0 unspecified atom stereocenters. The summed E-state index contributed by atoms with van der Waals surface area (Å²) in [6.07, 6.45) is 1.59. The molecule has 0 radical (unpaired) electrons. The van der Waals surface area contributed by atoms with Crippen molar-refractivity contribution in [1.82, 2.24) is 4.90 Å². The molecule has 4 nitrogen and oxygen atoms in total. The van der Waals surface area contributed by atoms with E-state index in [4.69, 9.17) is 16.3 Å². The van der Waals surface area contributed by atoms with Crippen molar-refractivity contribution in [3.63, 3.8) is 0 Å². The van der Waals surface area contributed by atoms with E-state index in [1.807, 2.05) is 6.07 Å². The van der Waals surface area contributed by atoms with Crippen LogP contribution in [0.25, 0.3) is 0 Å². The van der Waals surface area contributed by atoms with Crippen LogP contribution in [0.5, 0.6) is 5.75 Å². The molecule has 0 aliphatic carbocycles. The molecule has 6 heteroatoms. The molecule has 1 amide bonds. The second kappa shape index (κ2) is 6.32. The lowest BCUT2D eigenvalue weighted by atomic mass is 10.1. The quantitative estimate of drug-likeness (QED) is 0.829. The molecule has 2 atom stereocenters. The van der Waals surface area contributed by atoms with Crippen molar-refractivity contribution < 1.29 is 13.9 Å². The Morgan fingerprint density at radius 1 is 1.20 bits per heavy atom. The Morgan fingerprint density at radius 2 is 1.96 bits per heavy atom. The zero-order chi connectivity index (χ0) is 17.6. The maximum absolute atomic E-state index is 13.3. The molecular weight excluding hydrogens is 343 g/mol. The summed E-state index contributed by atoms with van der Waals surface area (Å²) in [5, 5.41) is 0.456. The number of carbonyl (C=O) groups is 1. The maximum Gasteiger partial charge on any atom is 0.246 e. The number of fused-ring (bicyclic) bond motifs is 1. The second-order valence-electron chi connectivity index (χ2n) is 6.35. The van der Waals surface area contributed by atoms with Crippen molar-refractivity contribution in [1.29, 1.82) is 0 Å². The molecule has 2 fully saturated rings. The zero-order valence-electron chi connectivity index (χ0n) is 13.8. The van der Waals surface area contributed by atoms with Gasteiger partial charge in [0, 0.05) is 12.2 Å². The molecule has 4 rings (SSSR count). The van der Waals surface area contributed by atoms with Gasteiger partial charge in [0.15, 0.2) is 0 Å². The number of halogens is 2. The fourth-order valence-corrected chi connectivity index (χ4v) is 4.08. The Hall–Kier alpha value is -2.11. The summed E-state index contributed by atoms with van der Waals surface area (Å²) in [5.74, 6) is 0.342. The molecule has 0 bridgehead atoms. The van der Waals surface area contributed by atoms with E-state index in [9.17, 15) is 9.18 Å². The van der Waals surface area contributed by atoms with Gasteiger partial charge < -0.3 is 4.74 Å². The van der Waals surface area contributed by atoms with E-state index in [0.717, 1.165) is 30.6 Å². The van der Waals surface area contributed by atoms with Gasteiger partial charge in [-0.15, -0.1) is 0 Å². The average molecular weight is 361 g/mol. The fraction of sp³-hybridized carbons (Fsp3) is 0.316. The van der Waals surface area contributed by atoms with Crippen LogP contribution in [0.1, 0.15) is 24.6 Å². The number of methoxy groups -OCH3 is 1. The van der Waals surface area contributed by atoms with Crippen LogP contribution in [-0.2, 0) is 4.79 Å². The smallest absolute Gasteiger partial charge is 0.246 e. The first-order valence-electron chi connectivity index (χ1n) is 8.28. The number of carbonyl (C=O) groups excluding carboxylic acids is 1. The lowest BCUT2D eigenvalue weighted by Crippen LogP contribution is -2.32. The molecular formula is C19H18ClFN2O2. The first-order valence-corrected chi connectivity index (χ1v) is 8.66. The minimum absolute atomic E-state index is 0.0630. The van der Waals surface area contributed by atoms with Crippen molar-refractivity contribution in [2.24, 2.45) is 0 Å². The van der Waals surface area contributed by atoms with Gasteiger partial charge in [0.05, 0.1) is 18.2 Å². The van der Waals surface area contributed by atoms with E-state index < -0.39 is 0 Å². The van der Waals surface area contributed by atoms with Crippen molar-refractivity contribution in [3.8, 4) is 5.75 Å². The van der Waals surface area contributed by atoms with Crippen molar-refractivity contribution in [2.45, 2.75) is 25.0 Å². The highest BCUT2D eigenvalue weighted by Crippen LogP contribution is 2.43. The van der Waals surface area contributed by atoms with E-state index in [2.05, 4.69) is 4.90 Å². The summed E-state index contributed by atoms with van der Waals surface area (Å²) in [7, 11) is 1.55. The highest BCUT2D eigenvalue weighted by molar-refractivity contribution is 6.32. The highest BCUT2D eigenvalue weighted by atomic mass is 35.5. The largest absolute Gasteiger partial charge is 0.495 e. The van der Waals surface area contributed by atoms with E-state index in [0.29, 0.717) is 10.8 Å². The summed E-state index contributed by atoms with van der Waals surface area (Å²) >= 11 is 6.26. The van der Waals surface area contributed by atoms with Gasteiger partial charge in [0.25, 0.3) is 0 Å². The maximum atomic E-state index is 13.3.